The number of anilines is 1. The van der Waals surface area contributed by atoms with Gasteiger partial charge >= 0.3 is 5.69 Å². The standard InChI is InChI=1S/C25H33N5O7/c1-3-23(2,32)25(11-13-27)36-19-16(15-34-17(7-12-26)24(33)9-5-4-6-10-24)35-21(20(19)37-25)30-14-8-18(28)29-22(30)31/h7-8,14,16,19-21,32-33H,3-6,9-11,15H2,1-2H3,(H2,28,29,31)/b17-7-/t16-,19?,20?,21-,23?,25?/m1/s1. The predicted molar refractivity (Wildman–Crippen MR) is 128 cm³/mol. The highest BCUT2D eigenvalue weighted by molar-refractivity contribution is 5.24. The molecular weight excluding hydrogens is 482 g/mol. The van der Waals surface area contributed by atoms with Crippen molar-refractivity contribution in [1.29, 1.82) is 10.5 Å². The number of hydrogen-bond donors (Lipinski definition) is 3. The number of nitrogens with two attached hydrogens (primary N) is 1. The van der Waals surface area contributed by atoms with Crippen LogP contribution in [0.3, 0.4) is 0 Å². The Balaban J connectivity index is 1.65. The van der Waals surface area contributed by atoms with E-state index in [1.807, 2.05) is 12.1 Å². The van der Waals surface area contributed by atoms with Crippen LogP contribution in [0.1, 0.15) is 65.0 Å². The van der Waals surface area contributed by atoms with Gasteiger partial charge in [-0.3, -0.25) is 4.57 Å². The lowest BCUT2D eigenvalue weighted by Crippen LogP contribution is -2.54. The first kappa shape index (κ1) is 27.0. The molecule has 1 aliphatic carbocycles. The monoisotopic (exact) mass is 515 g/mol. The number of nitriles is 2. The van der Waals surface area contributed by atoms with Crippen LogP contribution in [0.2, 0.25) is 0 Å². The second-order valence-corrected chi connectivity index (χ2v) is 10.0. The van der Waals surface area contributed by atoms with Gasteiger partial charge in [-0.05, 0) is 32.3 Å². The summed E-state index contributed by atoms with van der Waals surface area (Å²) in [7, 11) is 0. The topological polar surface area (TPSA) is 186 Å². The second-order valence-electron chi connectivity index (χ2n) is 10.0. The molecule has 0 amide bonds. The van der Waals surface area contributed by atoms with Gasteiger partial charge < -0.3 is 34.9 Å². The van der Waals surface area contributed by atoms with Crippen LogP contribution in [-0.4, -0.2) is 61.7 Å². The SMILES string of the molecule is CCC(C)(O)C1(CC#N)OC2C(O1)[C@@H](CO/C(=C\C#N)C1(O)CCCCC1)O[C@H]2n1ccc(N)nc1=O. The molecule has 4 rings (SSSR count). The maximum atomic E-state index is 12.6. The van der Waals surface area contributed by atoms with Crippen molar-refractivity contribution in [2.75, 3.05) is 12.3 Å². The zero-order valence-electron chi connectivity index (χ0n) is 21.0. The highest BCUT2D eigenvalue weighted by Crippen LogP contribution is 2.49. The highest BCUT2D eigenvalue weighted by atomic mass is 16.8. The molecule has 6 atom stereocenters. The number of ether oxygens (including phenoxy) is 4. The summed E-state index contributed by atoms with van der Waals surface area (Å²) in [4.78, 5) is 16.4. The molecule has 4 N–H and O–H groups in total. The molecule has 1 aromatic rings. The Kier molecular flexibility index (Phi) is 7.60. The molecule has 12 nitrogen and oxygen atoms in total. The Hall–Kier alpha value is -3.00. The first-order chi connectivity index (χ1) is 17.6. The minimum atomic E-state index is -1.68. The van der Waals surface area contributed by atoms with Crippen LogP contribution in [0.25, 0.3) is 0 Å². The average molecular weight is 516 g/mol. The molecular formula is C25H33N5O7. The molecule has 0 bridgehead atoms. The average Bonchev–Trinajstić information content (AvgIpc) is 3.40. The number of hydrogen-bond acceptors (Lipinski definition) is 11. The number of rotatable bonds is 8. The number of aliphatic hydroxyl groups is 2. The van der Waals surface area contributed by atoms with E-state index in [9.17, 15) is 25.5 Å². The number of fused-ring (bicyclic) bond motifs is 1. The quantitative estimate of drug-likeness (QED) is 0.335. The van der Waals surface area contributed by atoms with Crippen molar-refractivity contribution in [1.82, 2.24) is 9.55 Å². The van der Waals surface area contributed by atoms with E-state index in [1.54, 1.807) is 6.92 Å². The molecule has 0 spiro atoms. The first-order valence-corrected chi connectivity index (χ1v) is 12.5. The lowest BCUT2D eigenvalue weighted by Gasteiger charge is -2.40. The molecule has 2 aliphatic heterocycles. The minimum Gasteiger partial charge on any atom is -0.491 e. The van der Waals surface area contributed by atoms with Gasteiger partial charge in [-0.15, -0.1) is 0 Å². The van der Waals surface area contributed by atoms with Crippen LogP contribution in [0, 0.1) is 22.7 Å². The van der Waals surface area contributed by atoms with Crippen LogP contribution in [0.15, 0.2) is 28.9 Å². The van der Waals surface area contributed by atoms with Crippen molar-refractivity contribution in [2.45, 2.75) is 100 Å². The predicted octanol–water partition coefficient (Wildman–Crippen LogP) is 1.40. The summed E-state index contributed by atoms with van der Waals surface area (Å²) in [6.07, 6.45) is 2.53. The van der Waals surface area contributed by atoms with Crippen molar-refractivity contribution in [3.63, 3.8) is 0 Å². The summed E-state index contributed by atoms with van der Waals surface area (Å²) in [6, 6.07) is 5.40. The van der Waals surface area contributed by atoms with E-state index in [0.717, 1.165) is 19.3 Å². The van der Waals surface area contributed by atoms with E-state index in [-0.39, 0.29) is 31.0 Å². The van der Waals surface area contributed by atoms with Gasteiger partial charge in [0, 0.05) is 6.20 Å². The zero-order valence-corrected chi connectivity index (χ0v) is 21.0. The third-order valence-electron chi connectivity index (χ3n) is 7.62. The smallest absolute Gasteiger partial charge is 0.351 e. The van der Waals surface area contributed by atoms with Crippen molar-refractivity contribution in [3.05, 3.63) is 34.6 Å². The molecule has 3 heterocycles. The van der Waals surface area contributed by atoms with Crippen molar-refractivity contribution >= 4 is 5.82 Å². The van der Waals surface area contributed by atoms with E-state index in [4.69, 9.17) is 24.7 Å². The van der Waals surface area contributed by atoms with E-state index < -0.39 is 47.2 Å². The molecule has 3 aliphatic rings. The van der Waals surface area contributed by atoms with Crippen LogP contribution in [-0.2, 0) is 18.9 Å². The van der Waals surface area contributed by atoms with Gasteiger partial charge in [0.25, 0.3) is 0 Å². The van der Waals surface area contributed by atoms with Crippen LogP contribution < -0.4 is 11.4 Å². The van der Waals surface area contributed by atoms with Gasteiger partial charge in [-0.25, -0.2) is 4.79 Å². The summed E-state index contributed by atoms with van der Waals surface area (Å²) in [5.74, 6) is -1.49. The van der Waals surface area contributed by atoms with Crippen LogP contribution in [0.4, 0.5) is 5.82 Å². The fourth-order valence-corrected chi connectivity index (χ4v) is 5.25. The molecule has 200 valence electrons. The Labute approximate surface area is 214 Å². The maximum absolute atomic E-state index is 12.6. The molecule has 37 heavy (non-hydrogen) atoms. The Bertz CT molecular complexity index is 1160. The Morgan fingerprint density at radius 2 is 2.05 bits per heavy atom. The number of allylic oxidation sites excluding steroid dienone is 1. The Morgan fingerprint density at radius 1 is 1.35 bits per heavy atom. The lowest BCUT2D eigenvalue weighted by atomic mass is 9.83. The molecule has 2 saturated heterocycles. The van der Waals surface area contributed by atoms with Gasteiger partial charge in [0.05, 0.1) is 24.6 Å². The number of nitrogen functional groups attached to an aromatic ring is 1. The van der Waals surface area contributed by atoms with E-state index in [2.05, 4.69) is 4.98 Å². The van der Waals surface area contributed by atoms with Gasteiger partial charge in [0.2, 0.25) is 5.79 Å². The van der Waals surface area contributed by atoms with Gasteiger partial charge in [-0.2, -0.15) is 15.5 Å². The van der Waals surface area contributed by atoms with E-state index >= 15 is 0 Å². The maximum Gasteiger partial charge on any atom is 0.351 e. The molecule has 0 radical (unpaired) electrons. The highest BCUT2D eigenvalue weighted by Gasteiger charge is 2.64. The van der Waals surface area contributed by atoms with Crippen molar-refractivity contribution in [3.8, 4) is 12.1 Å². The van der Waals surface area contributed by atoms with E-state index in [0.29, 0.717) is 12.8 Å². The second kappa shape index (κ2) is 10.4. The largest absolute Gasteiger partial charge is 0.491 e. The summed E-state index contributed by atoms with van der Waals surface area (Å²) < 4.78 is 25.8. The summed E-state index contributed by atoms with van der Waals surface area (Å²) in [5, 5.41) is 41.1. The fourth-order valence-electron chi connectivity index (χ4n) is 5.25. The van der Waals surface area contributed by atoms with Gasteiger partial charge in [-0.1, -0.05) is 26.2 Å². The molecule has 3 fully saturated rings. The third kappa shape index (κ3) is 4.96. The molecule has 1 saturated carbocycles. The normalized spacial score (nSPS) is 32.6. The van der Waals surface area contributed by atoms with Crippen LogP contribution in [0.5, 0.6) is 0 Å². The molecule has 4 unspecified atom stereocenters. The third-order valence-corrected chi connectivity index (χ3v) is 7.62. The van der Waals surface area contributed by atoms with Gasteiger partial charge in [0.1, 0.15) is 47.7 Å². The molecule has 12 heteroatoms. The number of nitrogens with zero attached hydrogens (tertiary/aromatic N) is 4. The zero-order chi connectivity index (χ0) is 26.8. The van der Waals surface area contributed by atoms with E-state index in [1.165, 1.54) is 29.8 Å². The minimum absolute atomic E-state index is 0.0408. The van der Waals surface area contributed by atoms with Gasteiger partial charge in [0.15, 0.2) is 6.23 Å². The molecule has 0 aromatic carbocycles. The first-order valence-electron chi connectivity index (χ1n) is 12.5. The molecule has 1 aromatic heterocycles. The fraction of sp³-hybridized carbons (Fsp3) is 0.680. The summed E-state index contributed by atoms with van der Waals surface area (Å²) in [6.45, 7) is 3.13. The van der Waals surface area contributed by atoms with Crippen molar-refractivity contribution in [2.24, 2.45) is 0 Å². The number of aromatic nitrogens is 2. The summed E-state index contributed by atoms with van der Waals surface area (Å²) >= 11 is 0. The van der Waals surface area contributed by atoms with Crippen LogP contribution >= 0.6 is 0 Å². The Morgan fingerprint density at radius 3 is 2.68 bits per heavy atom. The summed E-state index contributed by atoms with van der Waals surface area (Å²) in [5.41, 5.74) is 2.18. The lowest BCUT2D eigenvalue weighted by molar-refractivity contribution is -0.294. The van der Waals surface area contributed by atoms with Crippen molar-refractivity contribution < 1.29 is 29.2 Å².